The summed E-state index contributed by atoms with van der Waals surface area (Å²) in [4.78, 5) is 14.1. The number of carbonyl (C=O) groups is 1. The minimum atomic E-state index is -2.52. The van der Waals surface area contributed by atoms with E-state index in [0.29, 0.717) is 22.7 Å². The molecule has 1 aliphatic rings. The summed E-state index contributed by atoms with van der Waals surface area (Å²) in [6, 6.07) is 15.1. The molecule has 1 amide bonds. The molecule has 1 aromatic heterocycles. The summed E-state index contributed by atoms with van der Waals surface area (Å²) in [5.41, 5.74) is 8.10. The van der Waals surface area contributed by atoms with E-state index in [0.717, 1.165) is 39.6 Å². The summed E-state index contributed by atoms with van der Waals surface area (Å²) in [6.07, 6.45) is 0.892. The lowest BCUT2D eigenvalue weighted by atomic mass is 10.1. The Bertz CT molecular complexity index is 1070. The fraction of sp³-hybridized carbons (Fsp3) is 0.150. The third-order valence-corrected chi connectivity index (χ3v) is 8.46. The third-order valence-electron chi connectivity index (χ3n) is 4.72. The molecule has 2 aromatic carbocycles. The molecule has 4 rings (SSSR count). The lowest BCUT2D eigenvalue weighted by Crippen LogP contribution is -2.26. The third kappa shape index (κ3) is 3.71. The van der Waals surface area contributed by atoms with Gasteiger partial charge in [-0.05, 0) is 70.6 Å². The normalized spacial score (nSPS) is 16.6. The summed E-state index contributed by atoms with van der Waals surface area (Å²) in [5.74, 6) is 0.330. The molecule has 0 saturated carbocycles. The predicted octanol–water partition coefficient (Wildman–Crippen LogP) is 3.67. The summed E-state index contributed by atoms with van der Waals surface area (Å²) in [6.45, 7) is 0.753. The second kappa shape index (κ2) is 7.46. The van der Waals surface area contributed by atoms with Crippen LogP contribution in [0.5, 0.6) is 0 Å². The van der Waals surface area contributed by atoms with Gasteiger partial charge in [0.1, 0.15) is 0 Å². The Morgan fingerprint density at radius 3 is 2.57 bits per heavy atom. The number of halogens is 1. The number of anilines is 2. The second-order valence-electron chi connectivity index (χ2n) is 6.63. The average molecular weight is 418 g/mol. The molecule has 0 spiro atoms. The topological polar surface area (TPSA) is 84.2 Å². The van der Waals surface area contributed by atoms with E-state index < -0.39 is 10.1 Å². The molecule has 4 N–H and O–H groups in total. The van der Waals surface area contributed by atoms with Crippen LogP contribution in [0.25, 0.3) is 10.4 Å². The molecule has 0 unspecified atom stereocenters. The highest BCUT2D eigenvalue weighted by molar-refractivity contribution is 8.01. The molecule has 3 aromatic rings. The van der Waals surface area contributed by atoms with Gasteiger partial charge >= 0.3 is 0 Å². The Morgan fingerprint density at radius 2 is 1.93 bits per heavy atom. The Morgan fingerprint density at radius 1 is 1.14 bits per heavy atom. The van der Waals surface area contributed by atoms with Gasteiger partial charge in [0.05, 0.1) is 11.4 Å². The molecule has 1 fully saturated rings. The molecule has 146 valence electrons. The van der Waals surface area contributed by atoms with Gasteiger partial charge in [-0.1, -0.05) is 6.07 Å². The van der Waals surface area contributed by atoms with E-state index in [-0.39, 0.29) is 11.0 Å². The zero-order valence-corrected chi connectivity index (χ0v) is 16.7. The fourth-order valence-corrected chi connectivity index (χ4v) is 6.28. The number of thiol groups is 1. The minimum Gasteiger partial charge on any atom is -0.397 e. The first kappa shape index (κ1) is 18.8. The highest BCUT2D eigenvalue weighted by atomic mass is 32.3. The SMILES string of the molecule is Nc1ccc(-c2ccc(F)s2)cc1NC(=O)c1ccc([SH]2(=O)CCCN2)cc1. The van der Waals surface area contributed by atoms with Crippen LogP contribution in [0.2, 0.25) is 0 Å². The van der Waals surface area contributed by atoms with E-state index in [4.69, 9.17) is 5.73 Å². The van der Waals surface area contributed by atoms with Gasteiger partial charge in [-0.2, -0.15) is 4.39 Å². The molecular weight excluding hydrogens is 397 g/mol. The maximum atomic E-state index is 13.3. The number of nitrogens with two attached hydrogens (primary N) is 1. The first-order valence-electron chi connectivity index (χ1n) is 8.86. The van der Waals surface area contributed by atoms with Crippen molar-refractivity contribution in [1.29, 1.82) is 0 Å². The van der Waals surface area contributed by atoms with Crippen LogP contribution in [0.15, 0.2) is 59.5 Å². The number of hydrogen-bond donors (Lipinski definition) is 4. The molecule has 28 heavy (non-hydrogen) atoms. The molecule has 1 aliphatic heterocycles. The molecule has 2 heterocycles. The summed E-state index contributed by atoms with van der Waals surface area (Å²) in [5, 5.41) is 2.53. The molecule has 0 atom stereocenters. The van der Waals surface area contributed by atoms with Crippen molar-refractivity contribution in [3.63, 3.8) is 0 Å². The van der Waals surface area contributed by atoms with E-state index in [9.17, 15) is 13.4 Å². The number of nitrogen functional groups attached to an aromatic ring is 1. The van der Waals surface area contributed by atoms with Crippen LogP contribution in [-0.2, 0) is 10.1 Å². The van der Waals surface area contributed by atoms with E-state index >= 15 is 0 Å². The van der Waals surface area contributed by atoms with Gasteiger partial charge in [0, 0.05) is 27.6 Å². The zero-order valence-electron chi connectivity index (χ0n) is 14.9. The van der Waals surface area contributed by atoms with Gasteiger partial charge in [-0.15, -0.1) is 11.3 Å². The van der Waals surface area contributed by atoms with Gasteiger partial charge in [-0.25, -0.2) is 0 Å². The number of carbonyl (C=O) groups excluding carboxylic acids is 1. The maximum Gasteiger partial charge on any atom is 0.255 e. The summed E-state index contributed by atoms with van der Waals surface area (Å²) < 4.78 is 29.1. The highest BCUT2D eigenvalue weighted by Gasteiger charge is 2.22. The van der Waals surface area contributed by atoms with Crippen molar-refractivity contribution in [1.82, 2.24) is 4.72 Å². The molecule has 1 saturated heterocycles. The Hall–Kier alpha value is -2.55. The molecule has 0 aliphatic carbocycles. The van der Waals surface area contributed by atoms with Gasteiger partial charge in [-0.3, -0.25) is 13.7 Å². The number of rotatable bonds is 4. The van der Waals surface area contributed by atoms with Crippen LogP contribution >= 0.6 is 11.3 Å². The number of benzene rings is 2. The zero-order chi connectivity index (χ0) is 19.7. The van der Waals surface area contributed by atoms with Crippen LogP contribution < -0.4 is 15.8 Å². The van der Waals surface area contributed by atoms with Crippen molar-refractivity contribution < 1.29 is 13.4 Å². The Labute approximate surface area is 167 Å². The lowest BCUT2D eigenvalue weighted by molar-refractivity contribution is 0.102. The minimum absolute atomic E-state index is 0.270. The van der Waals surface area contributed by atoms with Gasteiger partial charge < -0.3 is 11.1 Å². The Balaban J connectivity index is 1.54. The second-order valence-corrected chi connectivity index (χ2v) is 10.4. The van der Waals surface area contributed by atoms with E-state index in [1.807, 2.05) is 0 Å². The predicted molar refractivity (Wildman–Crippen MR) is 114 cm³/mol. The van der Waals surface area contributed by atoms with E-state index in [1.165, 1.54) is 6.07 Å². The molecule has 5 nitrogen and oxygen atoms in total. The average Bonchev–Trinajstić information content (AvgIpc) is 3.33. The Kier molecular flexibility index (Phi) is 5.01. The van der Waals surface area contributed by atoms with Crippen molar-refractivity contribution >= 4 is 38.7 Å². The van der Waals surface area contributed by atoms with Gasteiger partial charge in [0.15, 0.2) is 5.13 Å². The van der Waals surface area contributed by atoms with E-state index in [1.54, 1.807) is 48.5 Å². The summed E-state index contributed by atoms with van der Waals surface area (Å²) in [7, 11) is -2.52. The quantitative estimate of drug-likeness (QED) is 0.386. The number of hydrogen-bond acceptors (Lipinski definition) is 4. The van der Waals surface area contributed by atoms with Crippen molar-refractivity contribution in [2.75, 3.05) is 23.3 Å². The van der Waals surface area contributed by atoms with Gasteiger partial charge in [0.2, 0.25) is 0 Å². The highest BCUT2D eigenvalue weighted by Crippen LogP contribution is 2.32. The smallest absolute Gasteiger partial charge is 0.255 e. The number of nitrogens with one attached hydrogen (secondary N) is 2. The number of amides is 1. The molecule has 0 radical (unpaired) electrons. The van der Waals surface area contributed by atoms with Crippen molar-refractivity contribution in [3.8, 4) is 10.4 Å². The largest absolute Gasteiger partial charge is 0.397 e. The van der Waals surface area contributed by atoms with Crippen LogP contribution in [0.1, 0.15) is 16.8 Å². The first-order chi connectivity index (χ1) is 13.4. The van der Waals surface area contributed by atoms with Crippen molar-refractivity contribution in [2.24, 2.45) is 0 Å². The van der Waals surface area contributed by atoms with Gasteiger partial charge in [0.25, 0.3) is 5.91 Å². The molecular formula is C20H20FN3O2S2. The van der Waals surface area contributed by atoms with Crippen LogP contribution in [0, 0.1) is 5.13 Å². The van der Waals surface area contributed by atoms with Crippen molar-refractivity contribution in [3.05, 3.63) is 65.3 Å². The first-order valence-corrected chi connectivity index (χ1v) is 11.6. The molecule has 0 bridgehead atoms. The van der Waals surface area contributed by atoms with Crippen LogP contribution in [0.3, 0.4) is 0 Å². The summed E-state index contributed by atoms with van der Waals surface area (Å²) >= 11 is 1.03. The number of thiophene rings is 1. The molecule has 8 heteroatoms. The fourth-order valence-electron chi connectivity index (χ4n) is 3.20. The van der Waals surface area contributed by atoms with Crippen molar-refractivity contribution in [2.45, 2.75) is 11.3 Å². The van der Waals surface area contributed by atoms with Crippen LogP contribution in [0.4, 0.5) is 15.8 Å². The van der Waals surface area contributed by atoms with Crippen LogP contribution in [-0.4, -0.2) is 22.4 Å². The maximum absolute atomic E-state index is 13.3. The van der Waals surface area contributed by atoms with E-state index in [2.05, 4.69) is 10.0 Å². The lowest BCUT2D eigenvalue weighted by Gasteiger charge is -2.18. The monoisotopic (exact) mass is 417 g/mol. The standard InChI is InChI=1S/C20H20FN3O2S2/c21-19-9-8-18(27-19)14-4-7-16(22)17(12-14)24-20(25)13-2-5-15(6-3-13)28(26)11-1-10-23-28/h2-9,12,28H,1,10-11,22H2,(H,23,26)(H,24,25).